The molecule has 0 radical (unpaired) electrons. The van der Waals surface area contributed by atoms with E-state index in [1.54, 1.807) is 13.3 Å². The van der Waals surface area contributed by atoms with E-state index in [2.05, 4.69) is 30.5 Å². The summed E-state index contributed by atoms with van der Waals surface area (Å²) >= 11 is 0. The number of hydrogen-bond acceptors (Lipinski definition) is 8. The second-order valence-corrected chi connectivity index (χ2v) is 6.58. The van der Waals surface area contributed by atoms with Crippen LogP contribution >= 0.6 is 0 Å². The Morgan fingerprint density at radius 3 is 2.74 bits per heavy atom. The Morgan fingerprint density at radius 2 is 2.00 bits per heavy atom. The lowest BCUT2D eigenvalue weighted by molar-refractivity contribution is 0.252. The van der Waals surface area contributed by atoms with Crippen LogP contribution in [-0.4, -0.2) is 60.3 Å². The van der Waals surface area contributed by atoms with E-state index in [4.69, 9.17) is 9.47 Å². The summed E-state index contributed by atoms with van der Waals surface area (Å²) < 4.78 is 11.2. The molecule has 27 heavy (non-hydrogen) atoms. The second-order valence-electron chi connectivity index (χ2n) is 6.58. The largest absolute Gasteiger partial charge is 0.488 e. The minimum atomic E-state index is 0.475. The monoisotopic (exact) mass is 372 g/mol. The molecule has 0 saturated carbocycles. The maximum Gasteiger partial charge on any atom is 0.256 e. The maximum atomic E-state index is 5.93. The van der Waals surface area contributed by atoms with Gasteiger partial charge in [0.2, 0.25) is 5.95 Å². The molecule has 2 aromatic heterocycles. The Morgan fingerprint density at radius 1 is 1.19 bits per heavy atom. The van der Waals surface area contributed by atoms with Gasteiger partial charge >= 0.3 is 0 Å². The number of aryl methyl sites for hydroxylation is 1. The normalized spacial score (nSPS) is 14.2. The summed E-state index contributed by atoms with van der Waals surface area (Å²) in [5.74, 6) is 2.35. The van der Waals surface area contributed by atoms with Crippen LogP contribution in [0.15, 0.2) is 18.3 Å². The van der Waals surface area contributed by atoms with Gasteiger partial charge in [-0.05, 0) is 39.3 Å². The van der Waals surface area contributed by atoms with Crippen LogP contribution < -0.4 is 20.1 Å². The lowest BCUT2D eigenvalue weighted by Crippen LogP contribution is -2.22. The summed E-state index contributed by atoms with van der Waals surface area (Å²) in [6, 6.07) is 3.75. The van der Waals surface area contributed by atoms with Gasteiger partial charge in [-0.15, -0.1) is 0 Å². The number of nitrogens with one attached hydrogen (secondary N) is 2. The zero-order valence-corrected chi connectivity index (χ0v) is 16.3. The second kappa shape index (κ2) is 9.36. The van der Waals surface area contributed by atoms with Crippen LogP contribution in [0.3, 0.4) is 0 Å². The third-order valence-electron chi connectivity index (χ3n) is 4.45. The molecule has 1 aliphatic rings. The average Bonchev–Trinajstić information content (AvgIpc) is 3.18. The fourth-order valence-corrected chi connectivity index (χ4v) is 3.12. The van der Waals surface area contributed by atoms with Crippen molar-refractivity contribution in [2.45, 2.75) is 26.2 Å². The highest BCUT2D eigenvalue weighted by molar-refractivity contribution is 5.58. The van der Waals surface area contributed by atoms with Crippen molar-refractivity contribution in [3.8, 4) is 11.6 Å². The van der Waals surface area contributed by atoms with Gasteiger partial charge in [0.1, 0.15) is 5.82 Å². The predicted molar refractivity (Wildman–Crippen MR) is 106 cm³/mol. The van der Waals surface area contributed by atoms with Crippen molar-refractivity contribution in [3.05, 3.63) is 24.0 Å². The lowest BCUT2D eigenvalue weighted by Gasteiger charge is -2.15. The molecular formula is C19H28N6O2. The predicted octanol–water partition coefficient (Wildman–Crippen LogP) is 2.84. The molecule has 2 aromatic rings. The van der Waals surface area contributed by atoms with Crippen molar-refractivity contribution in [2.75, 3.05) is 51.0 Å². The van der Waals surface area contributed by atoms with Gasteiger partial charge in [-0.2, -0.15) is 4.98 Å². The van der Waals surface area contributed by atoms with Gasteiger partial charge in [-0.25, -0.2) is 9.97 Å². The first-order chi connectivity index (χ1) is 13.2. The number of methoxy groups -OCH3 is 1. The minimum Gasteiger partial charge on any atom is -0.488 e. The lowest BCUT2D eigenvalue weighted by atomic mass is 10.3. The van der Waals surface area contributed by atoms with Gasteiger partial charge in [0.15, 0.2) is 5.75 Å². The number of aromatic nitrogens is 3. The molecule has 0 spiro atoms. The maximum absolute atomic E-state index is 5.93. The zero-order valence-electron chi connectivity index (χ0n) is 16.3. The van der Waals surface area contributed by atoms with Crippen LogP contribution in [0.25, 0.3) is 0 Å². The standard InChI is InChI=1S/C19H28N6O2/c1-14-11-17(20-2)24-19(22-14)23-15-12-16(18(26-3)21-13-15)27-10-6-9-25-7-4-5-8-25/h11-13H,4-10H2,1-3H3,(H2,20,22,23,24). The van der Waals surface area contributed by atoms with Crippen molar-refractivity contribution in [2.24, 2.45) is 0 Å². The fourth-order valence-electron chi connectivity index (χ4n) is 3.12. The fraction of sp³-hybridized carbons (Fsp3) is 0.526. The molecule has 8 heteroatoms. The number of rotatable bonds is 9. The summed E-state index contributed by atoms with van der Waals surface area (Å²) in [4.78, 5) is 15.6. The third kappa shape index (κ3) is 5.43. The van der Waals surface area contributed by atoms with E-state index in [9.17, 15) is 0 Å². The van der Waals surface area contributed by atoms with Crippen LogP contribution in [-0.2, 0) is 0 Å². The highest BCUT2D eigenvalue weighted by Gasteiger charge is 2.12. The first-order valence-corrected chi connectivity index (χ1v) is 9.37. The number of pyridine rings is 1. The van der Waals surface area contributed by atoms with Gasteiger partial charge in [0.05, 0.1) is 25.6 Å². The molecule has 0 amide bonds. The van der Waals surface area contributed by atoms with Gasteiger partial charge in [0, 0.05) is 31.4 Å². The van der Waals surface area contributed by atoms with Crippen LogP contribution in [0.5, 0.6) is 11.6 Å². The molecular weight excluding hydrogens is 344 g/mol. The molecule has 0 bridgehead atoms. The summed E-state index contributed by atoms with van der Waals surface area (Å²) in [6.45, 7) is 6.03. The first kappa shape index (κ1) is 19.2. The van der Waals surface area contributed by atoms with E-state index in [0.717, 1.165) is 30.2 Å². The molecule has 3 rings (SSSR count). The summed E-state index contributed by atoms with van der Waals surface area (Å²) in [7, 11) is 3.42. The molecule has 1 fully saturated rings. The van der Waals surface area contributed by atoms with E-state index < -0.39 is 0 Å². The van der Waals surface area contributed by atoms with Crippen molar-refractivity contribution in [1.82, 2.24) is 19.9 Å². The number of ether oxygens (including phenoxy) is 2. The van der Waals surface area contributed by atoms with Gasteiger partial charge in [-0.3, -0.25) is 0 Å². The number of anilines is 3. The van der Waals surface area contributed by atoms with E-state index in [1.165, 1.54) is 25.9 Å². The topological polar surface area (TPSA) is 84.4 Å². The van der Waals surface area contributed by atoms with E-state index in [-0.39, 0.29) is 0 Å². The highest BCUT2D eigenvalue weighted by Crippen LogP contribution is 2.28. The van der Waals surface area contributed by atoms with Crippen LogP contribution in [0.4, 0.5) is 17.5 Å². The molecule has 8 nitrogen and oxygen atoms in total. The molecule has 0 aliphatic carbocycles. The van der Waals surface area contributed by atoms with Crippen LogP contribution in [0, 0.1) is 6.92 Å². The Kier molecular flexibility index (Phi) is 6.64. The SMILES string of the molecule is CNc1cc(C)nc(Nc2cnc(OC)c(OCCCN3CCCC3)c2)n1. The molecule has 1 saturated heterocycles. The van der Waals surface area contributed by atoms with E-state index >= 15 is 0 Å². The molecule has 0 unspecified atom stereocenters. The Labute approximate surface area is 160 Å². The van der Waals surface area contributed by atoms with Crippen molar-refractivity contribution >= 4 is 17.5 Å². The van der Waals surface area contributed by atoms with Gasteiger partial charge < -0.3 is 25.0 Å². The summed E-state index contributed by atoms with van der Waals surface area (Å²) in [6.07, 6.45) is 5.28. The summed E-state index contributed by atoms with van der Waals surface area (Å²) in [5, 5.41) is 6.20. The van der Waals surface area contributed by atoms with Crippen molar-refractivity contribution in [1.29, 1.82) is 0 Å². The van der Waals surface area contributed by atoms with E-state index in [0.29, 0.717) is 24.2 Å². The first-order valence-electron chi connectivity index (χ1n) is 9.37. The number of nitrogens with zero attached hydrogens (tertiary/aromatic N) is 4. The average molecular weight is 372 g/mol. The number of hydrogen-bond donors (Lipinski definition) is 2. The Balaban J connectivity index is 1.62. The quantitative estimate of drug-likeness (QED) is 0.650. The smallest absolute Gasteiger partial charge is 0.256 e. The molecule has 2 N–H and O–H groups in total. The van der Waals surface area contributed by atoms with Crippen molar-refractivity contribution in [3.63, 3.8) is 0 Å². The van der Waals surface area contributed by atoms with Crippen LogP contribution in [0.1, 0.15) is 25.0 Å². The van der Waals surface area contributed by atoms with Crippen LogP contribution in [0.2, 0.25) is 0 Å². The molecule has 1 aliphatic heterocycles. The molecule has 3 heterocycles. The molecule has 0 atom stereocenters. The van der Waals surface area contributed by atoms with Gasteiger partial charge in [-0.1, -0.05) is 0 Å². The highest BCUT2D eigenvalue weighted by atomic mass is 16.5. The third-order valence-corrected chi connectivity index (χ3v) is 4.45. The minimum absolute atomic E-state index is 0.475. The molecule has 146 valence electrons. The molecule has 0 aromatic carbocycles. The van der Waals surface area contributed by atoms with Crippen molar-refractivity contribution < 1.29 is 9.47 Å². The zero-order chi connectivity index (χ0) is 19.1. The van der Waals surface area contributed by atoms with Gasteiger partial charge in [0.25, 0.3) is 5.88 Å². The Hall–Kier alpha value is -2.61. The Bertz CT molecular complexity index is 749. The summed E-state index contributed by atoms with van der Waals surface area (Å²) in [5.41, 5.74) is 1.62. The van der Waals surface area contributed by atoms with E-state index in [1.807, 2.05) is 26.1 Å². The number of likely N-dealkylation sites (tertiary alicyclic amines) is 1.